The number of imidazole rings is 1. The molecule has 0 aliphatic rings. The fourth-order valence-corrected chi connectivity index (χ4v) is 1.85. The average molecular weight is 310 g/mol. The maximum absolute atomic E-state index is 12.9. The molecule has 1 aromatic heterocycles. The van der Waals surface area contributed by atoms with Crippen molar-refractivity contribution in [3.05, 3.63) is 41.2 Å². The van der Waals surface area contributed by atoms with Gasteiger partial charge in [0.25, 0.3) is 0 Å². The Morgan fingerprint density at radius 3 is 1.90 bits per heavy atom. The van der Waals surface area contributed by atoms with Crippen LogP contribution in [0.4, 0.5) is 26.3 Å². The van der Waals surface area contributed by atoms with Gasteiger partial charge in [0, 0.05) is 5.56 Å². The first-order valence-electron chi connectivity index (χ1n) is 5.57. The normalized spacial score (nSPS) is 12.7. The highest BCUT2D eigenvalue weighted by molar-refractivity contribution is 5.67. The van der Waals surface area contributed by atoms with Crippen LogP contribution in [-0.2, 0) is 19.0 Å². The molecule has 0 aliphatic heterocycles. The van der Waals surface area contributed by atoms with Crippen LogP contribution in [0.3, 0.4) is 0 Å². The predicted molar refractivity (Wildman–Crippen MR) is 60.0 cm³/mol. The molecule has 2 rings (SSSR count). The van der Waals surface area contributed by atoms with Gasteiger partial charge in [-0.1, -0.05) is 6.07 Å². The van der Waals surface area contributed by atoms with Gasteiger partial charge >= 0.3 is 12.4 Å². The van der Waals surface area contributed by atoms with Gasteiger partial charge < -0.3 is 10.1 Å². The van der Waals surface area contributed by atoms with Gasteiger partial charge in [-0.15, -0.1) is 0 Å². The van der Waals surface area contributed by atoms with E-state index < -0.39 is 41.5 Å². The summed E-state index contributed by atoms with van der Waals surface area (Å²) in [5, 5.41) is 8.84. The Morgan fingerprint density at radius 2 is 1.52 bits per heavy atom. The average Bonchev–Trinajstić information content (AvgIpc) is 2.84. The van der Waals surface area contributed by atoms with E-state index in [-0.39, 0.29) is 5.69 Å². The van der Waals surface area contributed by atoms with Gasteiger partial charge in [0.2, 0.25) is 0 Å². The second-order valence-corrected chi connectivity index (χ2v) is 4.14. The molecule has 0 fully saturated rings. The maximum atomic E-state index is 12.9. The van der Waals surface area contributed by atoms with Crippen LogP contribution >= 0.6 is 0 Å². The van der Waals surface area contributed by atoms with Crippen molar-refractivity contribution in [2.75, 3.05) is 0 Å². The highest BCUT2D eigenvalue weighted by Crippen LogP contribution is 2.43. The van der Waals surface area contributed by atoms with E-state index in [4.69, 9.17) is 5.11 Å². The zero-order valence-electron chi connectivity index (χ0n) is 10.2. The van der Waals surface area contributed by atoms with Crippen molar-refractivity contribution in [3.8, 4) is 11.4 Å². The van der Waals surface area contributed by atoms with E-state index in [1.165, 1.54) is 0 Å². The monoisotopic (exact) mass is 310 g/mol. The number of alkyl halides is 6. The first-order chi connectivity index (χ1) is 9.64. The Morgan fingerprint density at radius 1 is 1.00 bits per heavy atom. The van der Waals surface area contributed by atoms with Gasteiger partial charge in [-0.3, -0.25) is 0 Å². The first kappa shape index (κ1) is 15.4. The highest BCUT2D eigenvalue weighted by Gasteiger charge is 2.41. The molecule has 0 amide bonds. The highest BCUT2D eigenvalue weighted by atomic mass is 19.4. The lowest BCUT2D eigenvalue weighted by molar-refractivity contribution is -0.142. The van der Waals surface area contributed by atoms with Crippen molar-refractivity contribution in [1.29, 1.82) is 0 Å². The largest absolute Gasteiger partial charge is 0.417 e. The van der Waals surface area contributed by atoms with E-state index in [0.717, 1.165) is 6.20 Å². The van der Waals surface area contributed by atoms with Gasteiger partial charge in [0.05, 0.1) is 29.6 Å². The molecule has 0 unspecified atom stereocenters. The quantitative estimate of drug-likeness (QED) is 0.833. The molecule has 2 N–H and O–H groups in total. The minimum absolute atomic E-state index is 0.00935. The molecule has 9 heteroatoms. The number of aliphatic hydroxyl groups is 1. The summed E-state index contributed by atoms with van der Waals surface area (Å²) in [4.78, 5) is 5.73. The van der Waals surface area contributed by atoms with E-state index in [1.807, 2.05) is 0 Å². The number of hydrogen-bond acceptors (Lipinski definition) is 2. The topological polar surface area (TPSA) is 48.9 Å². The minimum Gasteiger partial charge on any atom is -0.390 e. The van der Waals surface area contributed by atoms with Gasteiger partial charge in [-0.25, -0.2) is 4.98 Å². The predicted octanol–water partition coefficient (Wildman–Crippen LogP) is 3.61. The molecule has 0 atom stereocenters. The molecule has 114 valence electrons. The summed E-state index contributed by atoms with van der Waals surface area (Å²) >= 11 is 0. The summed E-state index contributed by atoms with van der Waals surface area (Å²) in [6.45, 7) is -0.581. The zero-order chi connectivity index (χ0) is 15.8. The second kappa shape index (κ2) is 5.06. The van der Waals surface area contributed by atoms with E-state index in [0.29, 0.717) is 18.2 Å². The SMILES string of the molecule is OCc1cnc(-c2c(C(F)(F)F)cccc2C(F)(F)F)[nH]1. The molecular weight excluding hydrogens is 302 g/mol. The van der Waals surface area contributed by atoms with Crippen LogP contribution in [-0.4, -0.2) is 15.1 Å². The van der Waals surface area contributed by atoms with Crippen LogP contribution < -0.4 is 0 Å². The molecule has 0 spiro atoms. The van der Waals surface area contributed by atoms with Gasteiger partial charge in [0.15, 0.2) is 0 Å². The maximum Gasteiger partial charge on any atom is 0.417 e. The number of hydrogen-bond donors (Lipinski definition) is 2. The molecular formula is C12H8F6N2O. The summed E-state index contributed by atoms with van der Waals surface area (Å²) in [6, 6.07) is 1.78. The molecule has 1 aromatic carbocycles. The number of aromatic amines is 1. The lowest BCUT2D eigenvalue weighted by Crippen LogP contribution is -2.14. The second-order valence-electron chi connectivity index (χ2n) is 4.14. The Balaban J connectivity index is 2.75. The third kappa shape index (κ3) is 3.02. The van der Waals surface area contributed by atoms with Crippen LogP contribution in [0, 0.1) is 0 Å². The standard InChI is InChI=1S/C12H8F6N2O/c13-11(14,15)7-2-1-3-8(12(16,17)18)9(7)10-19-4-6(5-21)20-10/h1-4,21H,5H2,(H,19,20). The summed E-state index contributed by atoms with van der Waals surface area (Å²) in [6.07, 6.45) is -8.96. The summed E-state index contributed by atoms with van der Waals surface area (Å²) in [7, 11) is 0. The lowest BCUT2D eigenvalue weighted by Gasteiger charge is -2.17. The van der Waals surface area contributed by atoms with E-state index in [1.54, 1.807) is 0 Å². The van der Waals surface area contributed by atoms with Crippen LogP contribution in [0.1, 0.15) is 16.8 Å². The molecule has 0 saturated carbocycles. The smallest absolute Gasteiger partial charge is 0.390 e. The number of halogens is 6. The Bertz CT molecular complexity index is 612. The van der Waals surface area contributed by atoms with Crippen molar-refractivity contribution in [2.45, 2.75) is 19.0 Å². The number of nitrogens with zero attached hydrogens (tertiary/aromatic N) is 1. The van der Waals surface area contributed by atoms with Crippen molar-refractivity contribution in [3.63, 3.8) is 0 Å². The van der Waals surface area contributed by atoms with Crippen molar-refractivity contribution < 1.29 is 31.4 Å². The van der Waals surface area contributed by atoms with Gasteiger partial charge in [-0.2, -0.15) is 26.3 Å². The van der Waals surface area contributed by atoms with E-state index in [2.05, 4.69) is 9.97 Å². The third-order valence-corrected chi connectivity index (χ3v) is 2.71. The van der Waals surface area contributed by atoms with E-state index in [9.17, 15) is 26.3 Å². The third-order valence-electron chi connectivity index (χ3n) is 2.71. The fraction of sp³-hybridized carbons (Fsp3) is 0.250. The van der Waals surface area contributed by atoms with Crippen LogP contribution in [0.25, 0.3) is 11.4 Å². The molecule has 0 saturated heterocycles. The number of benzene rings is 1. The van der Waals surface area contributed by atoms with E-state index >= 15 is 0 Å². The molecule has 2 aromatic rings. The molecule has 3 nitrogen and oxygen atoms in total. The van der Waals surface area contributed by atoms with Crippen molar-refractivity contribution >= 4 is 0 Å². The van der Waals surface area contributed by atoms with Gasteiger partial charge in [0.1, 0.15) is 5.82 Å². The first-order valence-corrected chi connectivity index (χ1v) is 5.57. The molecule has 1 heterocycles. The Hall–Kier alpha value is -2.03. The Kier molecular flexibility index (Phi) is 3.70. The molecule has 21 heavy (non-hydrogen) atoms. The van der Waals surface area contributed by atoms with Gasteiger partial charge in [-0.05, 0) is 12.1 Å². The van der Waals surface area contributed by atoms with Crippen molar-refractivity contribution in [2.24, 2.45) is 0 Å². The zero-order valence-corrected chi connectivity index (χ0v) is 10.2. The molecule has 0 bridgehead atoms. The summed E-state index contributed by atoms with van der Waals surface area (Å²) in [5.74, 6) is -0.598. The van der Waals surface area contributed by atoms with Crippen LogP contribution in [0.5, 0.6) is 0 Å². The molecule has 0 aliphatic carbocycles. The number of H-pyrrole nitrogens is 1. The van der Waals surface area contributed by atoms with Crippen LogP contribution in [0.15, 0.2) is 24.4 Å². The lowest BCUT2D eigenvalue weighted by atomic mass is 9.99. The number of rotatable bonds is 2. The minimum atomic E-state index is -4.97. The number of nitrogens with one attached hydrogen (secondary N) is 1. The number of aliphatic hydroxyl groups excluding tert-OH is 1. The van der Waals surface area contributed by atoms with Crippen LogP contribution in [0.2, 0.25) is 0 Å². The Labute approximate surface area is 114 Å². The number of aromatic nitrogens is 2. The summed E-state index contributed by atoms with van der Waals surface area (Å²) < 4.78 is 77.6. The van der Waals surface area contributed by atoms with Crippen molar-refractivity contribution in [1.82, 2.24) is 9.97 Å². The molecule has 0 radical (unpaired) electrons. The fourth-order valence-electron chi connectivity index (χ4n) is 1.85. The summed E-state index contributed by atoms with van der Waals surface area (Å²) in [5.41, 5.74) is -3.97.